The standard InChI is InChI=1S/C67H49N/c1-67(2)65-26-12-11-23-63(65)64-25-14-24-62(66(64)67)51-33-39-61(40-34-51)68(59-35-29-49(30-36-59)53-21-13-22-54(41-53)55-28-27-48-19-9-10-20-52(48)42-55)60-37-31-50(32-38-60)58-44-56(46-15-5-3-6-16-46)43-57(45-58)47-17-7-4-8-18-47/h3-45H,1-2H3. The molecule has 0 fully saturated rings. The molecule has 0 N–H and O–H groups in total. The summed E-state index contributed by atoms with van der Waals surface area (Å²) in [4.78, 5) is 2.38. The van der Waals surface area contributed by atoms with Gasteiger partial charge in [0.15, 0.2) is 0 Å². The molecule has 1 nitrogen and oxygen atoms in total. The number of fused-ring (bicyclic) bond motifs is 4. The quantitative estimate of drug-likeness (QED) is 0.140. The third-order valence-electron chi connectivity index (χ3n) is 14.0. The van der Waals surface area contributed by atoms with Gasteiger partial charge < -0.3 is 4.90 Å². The first kappa shape index (κ1) is 40.9. The van der Waals surface area contributed by atoms with Crippen LogP contribution in [0.5, 0.6) is 0 Å². The predicted molar refractivity (Wildman–Crippen MR) is 289 cm³/mol. The summed E-state index contributed by atoms with van der Waals surface area (Å²) in [6.45, 7) is 4.73. The molecule has 11 aromatic rings. The van der Waals surface area contributed by atoms with Crippen molar-refractivity contribution in [2.24, 2.45) is 0 Å². The fourth-order valence-corrected chi connectivity index (χ4v) is 10.6. The summed E-state index contributed by atoms with van der Waals surface area (Å²) in [6.07, 6.45) is 0. The number of hydrogen-bond acceptors (Lipinski definition) is 1. The highest BCUT2D eigenvalue weighted by Gasteiger charge is 2.37. The summed E-state index contributed by atoms with van der Waals surface area (Å²) in [5.74, 6) is 0. The highest BCUT2D eigenvalue weighted by atomic mass is 15.1. The van der Waals surface area contributed by atoms with Crippen molar-refractivity contribution in [1.29, 1.82) is 0 Å². The Morgan fingerprint density at radius 1 is 0.250 bits per heavy atom. The monoisotopic (exact) mass is 867 g/mol. The normalized spacial score (nSPS) is 12.4. The molecule has 0 heterocycles. The topological polar surface area (TPSA) is 3.24 Å². The molecule has 0 atom stereocenters. The molecule has 0 aliphatic heterocycles. The summed E-state index contributed by atoms with van der Waals surface area (Å²) < 4.78 is 0. The average molecular weight is 868 g/mol. The zero-order valence-electron chi connectivity index (χ0n) is 38.3. The molecule has 0 aromatic heterocycles. The third kappa shape index (κ3) is 7.49. The molecule has 0 amide bonds. The van der Waals surface area contributed by atoms with E-state index in [1.165, 1.54) is 99.8 Å². The second kappa shape index (κ2) is 17.0. The SMILES string of the molecule is CC1(C)c2ccccc2-c2cccc(-c3ccc(N(c4ccc(-c5cccc(-c6ccc7ccccc7c6)c5)cc4)c4ccc(-c5cc(-c6ccccc6)cc(-c6ccccc6)c5)cc4)cc3)c21. The lowest BCUT2D eigenvalue weighted by Gasteiger charge is -2.27. The van der Waals surface area contributed by atoms with Crippen LogP contribution in [0.4, 0.5) is 17.1 Å². The molecular weight excluding hydrogens is 819 g/mol. The van der Waals surface area contributed by atoms with E-state index in [1.54, 1.807) is 0 Å². The molecule has 0 saturated carbocycles. The number of rotatable bonds is 9. The Balaban J connectivity index is 0.924. The van der Waals surface area contributed by atoms with Crippen LogP contribution < -0.4 is 4.90 Å². The maximum Gasteiger partial charge on any atom is 0.0462 e. The van der Waals surface area contributed by atoms with Crippen LogP contribution in [0.25, 0.3) is 88.7 Å². The molecule has 0 bridgehead atoms. The molecule has 322 valence electrons. The minimum atomic E-state index is -0.103. The zero-order chi connectivity index (χ0) is 45.6. The van der Waals surface area contributed by atoms with Crippen LogP contribution in [0.1, 0.15) is 25.0 Å². The van der Waals surface area contributed by atoms with Crippen molar-refractivity contribution in [2.45, 2.75) is 19.3 Å². The Hall–Kier alpha value is -8.52. The van der Waals surface area contributed by atoms with E-state index in [2.05, 4.69) is 280 Å². The highest BCUT2D eigenvalue weighted by molar-refractivity contribution is 5.91. The van der Waals surface area contributed by atoms with E-state index in [4.69, 9.17) is 0 Å². The van der Waals surface area contributed by atoms with Crippen LogP contribution in [-0.2, 0) is 5.41 Å². The van der Waals surface area contributed by atoms with Crippen molar-refractivity contribution in [1.82, 2.24) is 0 Å². The highest BCUT2D eigenvalue weighted by Crippen LogP contribution is 2.52. The smallest absolute Gasteiger partial charge is 0.0462 e. The van der Waals surface area contributed by atoms with Crippen LogP contribution in [0.15, 0.2) is 261 Å². The van der Waals surface area contributed by atoms with Crippen molar-refractivity contribution < 1.29 is 0 Å². The lowest BCUT2D eigenvalue weighted by Crippen LogP contribution is -2.16. The first-order chi connectivity index (χ1) is 33.4. The van der Waals surface area contributed by atoms with E-state index in [0.717, 1.165) is 17.1 Å². The fraction of sp³-hybridized carbons (Fsp3) is 0.0448. The van der Waals surface area contributed by atoms with Crippen LogP contribution in [0.3, 0.4) is 0 Å². The van der Waals surface area contributed by atoms with Crippen LogP contribution >= 0.6 is 0 Å². The van der Waals surface area contributed by atoms with Gasteiger partial charge in [0.1, 0.15) is 0 Å². The van der Waals surface area contributed by atoms with Crippen molar-refractivity contribution in [3.63, 3.8) is 0 Å². The molecule has 1 aliphatic rings. The third-order valence-corrected chi connectivity index (χ3v) is 14.0. The number of hydrogen-bond donors (Lipinski definition) is 0. The van der Waals surface area contributed by atoms with E-state index >= 15 is 0 Å². The van der Waals surface area contributed by atoms with Gasteiger partial charge in [0.25, 0.3) is 0 Å². The molecule has 12 rings (SSSR count). The lowest BCUT2D eigenvalue weighted by molar-refractivity contribution is 0.662. The Morgan fingerprint density at radius 3 is 1.24 bits per heavy atom. The molecule has 11 aromatic carbocycles. The Bertz CT molecular complexity index is 3550. The largest absolute Gasteiger partial charge is 0.311 e. The van der Waals surface area contributed by atoms with Gasteiger partial charge in [-0.05, 0) is 167 Å². The lowest BCUT2D eigenvalue weighted by atomic mass is 9.79. The van der Waals surface area contributed by atoms with E-state index in [-0.39, 0.29) is 5.41 Å². The van der Waals surface area contributed by atoms with Gasteiger partial charge in [0.2, 0.25) is 0 Å². The molecule has 0 radical (unpaired) electrons. The van der Waals surface area contributed by atoms with Crippen LogP contribution in [-0.4, -0.2) is 0 Å². The van der Waals surface area contributed by atoms with Crippen LogP contribution in [0.2, 0.25) is 0 Å². The molecule has 1 aliphatic carbocycles. The molecule has 68 heavy (non-hydrogen) atoms. The minimum absolute atomic E-state index is 0.103. The van der Waals surface area contributed by atoms with Gasteiger partial charge in [0, 0.05) is 22.5 Å². The first-order valence-electron chi connectivity index (χ1n) is 23.6. The first-order valence-corrected chi connectivity index (χ1v) is 23.6. The molecule has 0 spiro atoms. The van der Waals surface area contributed by atoms with Gasteiger partial charge in [-0.1, -0.05) is 208 Å². The van der Waals surface area contributed by atoms with Gasteiger partial charge >= 0.3 is 0 Å². The summed E-state index contributed by atoms with van der Waals surface area (Å²) in [5, 5.41) is 2.51. The van der Waals surface area contributed by atoms with Gasteiger partial charge in [-0.15, -0.1) is 0 Å². The molecule has 0 saturated heterocycles. The zero-order valence-corrected chi connectivity index (χ0v) is 38.3. The van der Waals surface area contributed by atoms with Crippen molar-refractivity contribution in [3.05, 3.63) is 272 Å². The molecule has 1 heteroatoms. The number of anilines is 3. The Morgan fingerprint density at radius 2 is 0.632 bits per heavy atom. The summed E-state index contributed by atoms with van der Waals surface area (Å²) in [7, 11) is 0. The van der Waals surface area contributed by atoms with Crippen molar-refractivity contribution in [3.8, 4) is 77.9 Å². The van der Waals surface area contributed by atoms with Gasteiger partial charge in [-0.3, -0.25) is 0 Å². The fourth-order valence-electron chi connectivity index (χ4n) is 10.6. The van der Waals surface area contributed by atoms with E-state index in [1.807, 2.05) is 0 Å². The van der Waals surface area contributed by atoms with Gasteiger partial charge in [-0.2, -0.15) is 0 Å². The molecule has 0 unspecified atom stereocenters. The summed E-state index contributed by atoms with van der Waals surface area (Å²) in [5.41, 5.74) is 23.1. The second-order valence-electron chi connectivity index (χ2n) is 18.5. The predicted octanol–water partition coefficient (Wildman–Crippen LogP) is 18.6. The van der Waals surface area contributed by atoms with Gasteiger partial charge in [0.05, 0.1) is 0 Å². The maximum absolute atomic E-state index is 2.38. The maximum atomic E-state index is 2.38. The Labute approximate surface area is 399 Å². The van der Waals surface area contributed by atoms with Crippen molar-refractivity contribution in [2.75, 3.05) is 4.90 Å². The second-order valence-corrected chi connectivity index (χ2v) is 18.5. The summed E-state index contributed by atoms with van der Waals surface area (Å²) >= 11 is 0. The summed E-state index contributed by atoms with van der Waals surface area (Å²) in [6, 6.07) is 95.5. The Kier molecular flexibility index (Phi) is 10.3. The number of benzene rings is 11. The number of nitrogens with zero attached hydrogens (tertiary/aromatic N) is 1. The van der Waals surface area contributed by atoms with Gasteiger partial charge in [-0.25, -0.2) is 0 Å². The van der Waals surface area contributed by atoms with E-state index in [0.29, 0.717) is 0 Å². The van der Waals surface area contributed by atoms with E-state index in [9.17, 15) is 0 Å². The van der Waals surface area contributed by atoms with Crippen LogP contribution in [0, 0.1) is 0 Å². The van der Waals surface area contributed by atoms with E-state index < -0.39 is 0 Å². The van der Waals surface area contributed by atoms with Crippen molar-refractivity contribution >= 4 is 27.8 Å². The average Bonchev–Trinajstić information content (AvgIpc) is 3.65. The minimum Gasteiger partial charge on any atom is -0.311 e. The molecular formula is C67H49N.